The van der Waals surface area contributed by atoms with Gasteiger partial charge >= 0.3 is 0 Å². The van der Waals surface area contributed by atoms with E-state index in [0.29, 0.717) is 5.75 Å². The molecule has 2 rings (SSSR count). The number of methoxy groups -OCH3 is 1. The Bertz CT molecular complexity index is 617. The standard InChI is InChI=1S/C13H10F2N2O2/c1-19-9-2-3-10(14)11(7-9)17-13(18)8-4-5-16-12(15)6-8/h2-7H,1H3,(H,17,18). The molecule has 0 aliphatic heterocycles. The van der Waals surface area contributed by atoms with Crippen molar-refractivity contribution in [3.63, 3.8) is 0 Å². The lowest BCUT2D eigenvalue weighted by atomic mass is 10.2. The number of aromatic nitrogens is 1. The van der Waals surface area contributed by atoms with E-state index in [-0.39, 0.29) is 11.3 Å². The van der Waals surface area contributed by atoms with Crippen LogP contribution in [0.5, 0.6) is 5.75 Å². The molecule has 0 saturated heterocycles. The lowest BCUT2D eigenvalue weighted by molar-refractivity contribution is 0.102. The van der Waals surface area contributed by atoms with Gasteiger partial charge in [0.15, 0.2) is 0 Å². The number of benzene rings is 1. The summed E-state index contributed by atoms with van der Waals surface area (Å²) in [7, 11) is 1.43. The van der Waals surface area contributed by atoms with Crippen molar-refractivity contribution in [1.29, 1.82) is 0 Å². The van der Waals surface area contributed by atoms with Crippen LogP contribution >= 0.6 is 0 Å². The smallest absolute Gasteiger partial charge is 0.255 e. The Balaban J connectivity index is 2.23. The molecule has 2 aromatic rings. The van der Waals surface area contributed by atoms with Gasteiger partial charge in [0.1, 0.15) is 11.6 Å². The summed E-state index contributed by atoms with van der Waals surface area (Å²) in [6.07, 6.45) is 1.16. The SMILES string of the molecule is COc1ccc(F)c(NC(=O)c2ccnc(F)c2)c1. The van der Waals surface area contributed by atoms with Crippen LogP contribution in [-0.2, 0) is 0 Å². The van der Waals surface area contributed by atoms with Gasteiger partial charge < -0.3 is 10.1 Å². The van der Waals surface area contributed by atoms with Crippen LogP contribution in [0.2, 0.25) is 0 Å². The summed E-state index contributed by atoms with van der Waals surface area (Å²) >= 11 is 0. The summed E-state index contributed by atoms with van der Waals surface area (Å²) < 4.78 is 31.3. The largest absolute Gasteiger partial charge is 0.497 e. The van der Waals surface area contributed by atoms with E-state index in [0.717, 1.165) is 12.3 Å². The van der Waals surface area contributed by atoms with Gasteiger partial charge in [-0.2, -0.15) is 4.39 Å². The maximum atomic E-state index is 13.5. The Morgan fingerprint density at radius 1 is 1.26 bits per heavy atom. The molecule has 1 amide bonds. The number of rotatable bonds is 3. The number of carbonyl (C=O) groups excluding carboxylic acids is 1. The number of halogens is 2. The lowest BCUT2D eigenvalue weighted by Gasteiger charge is -2.08. The summed E-state index contributed by atoms with van der Waals surface area (Å²) in [6.45, 7) is 0. The number of carbonyl (C=O) groups is 1. The van der Waals surface area contributed by atoms with Gasteiger partial charge in [0.05, 0.1) is 12.8 Å². The maximum Gasteiger partial charge on any atom is 0.255 e. The molecule has 0 saturated carbocycles. The maximum absolute atomic E-state index is 13.5. The van der Waals surface area contributed by atoms with Crippen molar-refractivity contribution in [2.45, 2.75) is 0 Å². The third-order valence-corrected chi connectivity index (χ3v) is 2.41. The van der Waals surface area contributed by atoms with E-state index in [1.54, 1.807) is 0 Å². The van der Waals surface area contributed by atoms with E-state index in [9.17, 15) is 13.6 Å². The highest BCUT2D eigenvalue weighted by Gasteiger charge is 2.11. The molecule has 0 radical (unpaired) electrons. The Morgan fingerprint density at radius 3 is 2.74 bits per heavy atom. The molecule has 0 fully saturated rings. The van der Waals surface area contributed by atoms with Gasteiger partial charge in [-0.1, -0.05) is 0 Å². The fraction of sp³-hybridized carbons (Fsp3) is 0.0769. The molecule has 1 heterocycles. The van der Waals surface area contributed by atoms with E-state index < -0.39 is 17.7 Å². The number of nitrogens with one attached hydrogen (secondary N) is 1. The van der Waals surface area contributed by atoms with Crippen molar-refractivity contribution >= 4 is 11.6 Å². The Morgan fingerprint density at radius 2 is 2.05 bits per heavy atom. The quantitative estimate of drug-likeness (QED) is 0.867. The molecule has 0 spiro atoms. The average molecular weight is 264 g/mol. The first-order chi connectivity index (χ1) is 9.10. The molecule has 1 aromatic heterocycles. The molecule has 98 valence electrons. The molecule has 1 N–H and O–H groups in total. The summed E-state index contributed by atoms with van der Waals surface area (Å²) in [5.74, 6) is -1.62. The van der Waals surface area contributed by atoms with Gasteiger partial charge in [0.2, 0.25) is 5.95 Å². The normalized spacial score (nSPS) is 10.1. The first kappa shape index (κ1) is 12.9. The van der Waals surface area contributed by atoms with E-state index in [1.807, 2.05) is 0 Å². The first-order valence-corrected chi connectivity index (χ1v) is 5.36. The number of ether oxygens (including phenoxy) is 1. The molecule has 19 heavy (non-hydrogen) atoms. The minimum Gasteiger partial charge on any atom is -0.497 e. The second-order valence-corrected chi connectivity index (χ2v) is 3.67. The zero-order valence-corrected chi connectivity index (χ0v) is 9.98. The molecule has 0 aliphatic carbocycles. The zero-order valence-electron chi connectivity index (χ0n) is 9.98. The van der Waals surface area contributed by atoms with E-state index >= 15 is 0 Å². The van der Waals surface area contributed by atoms with Crippen molar-refractivity contribution in [2.24, 2.45) is 0 Å². The van der Waals surface area contributed by atoms with Crippen LogP contribution in [0.1, 0.15) is 10.4 Å². The molecule has 0 bridgehead atoms. The molecular weight excluding hydrogens is 254 g/mol. The second kappa shape index (κ2) is 5.43. The molecule has 4 nitrogen and oxygen atoms in total. The van der Waals surface area contributed by atoms with Crippen LogP contribution < -0.4 is 10.1 Å². The summed E-state index contributed by atoms with van der Waals surface area (Å²) in [4.78, 5) is 15.1. The Hall–Kier alpha value is -2.50. The number of nitrogens with zero attached hydrogens (tertiary/aromatic N) is 1. The van der Waals surface area contributed by atoms with Crippen molar-refractivity contribution < 1.29 is 18.3 Å². The third kappa shape index (κ3) is 3.04. The zero-order chi connectivity index (χ0) is 13.8. The number of hydrogen-bond acceptors (Lipinski definition) is 3. The molecule has 6 heteroatoms. The minimum absolute atomic E-state index is 0.0402. The lowest BCUT2D eigenvalue weighted by Crippen LogP contribution is -2.13. The molecule has 0 aliphatic rings. The first-order valence-electron chi connectivity index (χ1n) is 5.36. The Labute approximate surface area is 108 Å². The highest BCUT2D eigenvalue weighted by molar-refractivity contribution is 6.04. The van der Waals surface area contributed by atoms with Crippen LogP contribution in [0.15, 0.2) is 36.5 Å². The predicted molar refractivity (Wildman–Crippen MR) is 65.1 cm³/mol. The molecule has 0 unspecified atom stereocenters. The number of hydrogen-bond donors (Lipinski definition) is 1. The fourth-order valence-corrected chi connectivity index (χ4v) is 1.47. The number of anilines is 1. The van der Waals surface area contributed by atoms with Crippen LogP contribution in [0.25, 0.3) is 0 Å². The number of amides is 1. The van der Waals surface area contributed by atoms with Gasteiger partial charge in [-0.15, -0.1) is 0 Å². The third-order valence-electron chi connectivity index (χ3n) is 2.41. The summed E-state index contributed by atoms with van der Waals surface area (Å²) in [6, 6.07) is 6.23. The highest BCUT2D eigenvalue weighted by Crippen LogP contribution is 2.21. The van der Waals surface area contributed by atoms with E-state index in [2.05, 4.69) is 10.3 Å². The Kier molecular flexibility index (Phi) is 3.70. The van der Waals surface area contributed by atoms with Gasteiger partial charge in [-0.05, 0) is 18.2 Å². The average Bonchev–Trinajstić information content (AvgIpc) is 2.41. The van der Waals surface area contributed by atoms with Crippen molar-refractivity contribution in [1.82, 2.24) is 4.98 Å². The second-order valence-electron chi connectivity index (χ2n) is 3.67. The fourth-order valence-electron chi connectivity index (χ4n) is 1.47. The summed E-state index contributed by atoms with van der Waals surface area (Å²) in [5.41, 5.74) is 0.0105. The topological polar surface area (TPSA) is 51.2 Å². The minimum atomic E-state index is -0.779. The van der Waals surface area contributed by atoms with Gasteiger partial charge in [0, 0.05) is 23.9 Å². The summed E-state index contributed by atoms with van der Waals surface area (Å²) in [5, 5.41) is 2.34. The number of pyridine rings is 1. The van der Waals surface area contributed by atoms with Crippen molar-refractivity contribution in [2.75, 3.05) is 12.4 Å². The van der Waals surface area contributed by atoms with Gasteiger partial charge in [0.25, 0.3) is 5.91 Å². The van der Waals surface area contributed by atoms with Crippen molar-refractivity contribution in [3.8, 4) is 5.75 Å². The van der Waals surface area contributed by atoms with Gasteiger partial charge in [-0.25, -0.2) is 9.37 Å². The van der Waals surface area contributed by atoms with E-state index in [4.69, 9.17) is 4.74 Å². The predicted octanol–water partition coefficient (Wildman–Crippen LogP) is 2.62. The van der Waals surface area contributed by atoms with Crippen LogP contribution in [0, 0.1) is 11.8 Å². The van der Waals surface area contributed by atoms with Gasteiger partial charge in [-0.3, -0.25) is 4.79 Å². The van der Waals surface area contributed by atoms with Crippen LogP contribution in [0.3, 0.4) is 0 Å². The molecule has 1 aromatic carbocycles. The highest BCUT2D eigenvalue weighted by atomic mass is 19.1. The van der Waals surface area contributed by atoms with Crippen LogP contribution in [-0.4, -0.2) is 18.0 Å². The molecular formula is C13H10F2N2O2. The van der Waals surface area contributed by atoms with Crippen molar-refractivity contribution in [3.05, 3.63) is 53.9 Å². The monoisotopic (exact) mass is 264 g/mol. The van der Waals surface area contributed by atoms with E-state index in [1.165, 1.54) is 31.4 Å². The molecule has 0 atom stereocenters. The van der Waals surface area contributed by atoms with Crippen LogP contribution in [0.4, 0.5) is 14.5 Å².